The number of carbonyl (C=O) groups is 2. The van der Waals surface area contributed by atoms with Gasteiger partial charge in [0.25, 0.3) is 0 Å². The molecule has 0 radical (unpaired) electrons. The third-order valence-corrected chi connectivity index (χ3v) is 6.88. The van der Waals surface area contributed by atoms with Crippen LogP contribution in [0.1, 0.15) is 31.3 Å². The van der Waals surface area contributed by atoms with Gasteiger partial charge in [-0.25, -0.2) is 9.78 Å². The molecule has 186 valence electrons. The molecule has 0 aliphatic heterocycles. The van der Waals surface area contributed by atoms with Gasteiger partial charge in [-0.15, -0.1) is 11.3 Å². The van der Waals surface area contributed by atoms with Crippen LogP contribution >= 0.6 is 11.3 Å². The van der Waals surface area contributed by atoms with Gasteiger partial charge in [0.1, 0.15) is 15.5 Å². The number of thiophene rings is 1. The summed E-state index contributed by atoms with van der Waals surface area (Å²) >= 11 is 1.11. The van der Waals surface area contributed by atoms with Gasteiger partial charge in [-0.3, -0.25) is 4.79 Å². The van der Waals surface area contributed by atoms with Crippen LogP contribution in [0, 0.1) is 6.92 Å². The fourth-order valence-corrected chi connectivity index (χ4v) is 5.20. The van der Waals surface area contributed by atoms with E-state index in [9.17, 15) is 14.7 Å². The number of aromatic carboxylic acids is 1. The molecule has 2 heterocycles. The molecular formula is C26H24N2O7S. The van der Waals surface area contributed by atoms with Crippen LogP contribution in [-0.4, -0.2) is 50.3 Å². The number of rotatable bonds is 8. The van der Waals surface area contributed by atoms with Gasteiger partial charge in [0.2, 0.25) is 11.5 Å². The minimum atomic E-state index is -1.18. The Hall–Kier alpha value is -4.31. The number of hydrogen-bond acceptors (Lipinski definition) is 9. The Balaban J connectivity index is 2.03. The zero-order valence-corrected chi connectivity index (χ0v) is 21.1. The highest BCUT2D eigenvalue weighted by Crippen LogP contribution is 2.47. The number of hydrogen-bond donors (Lipinski definition) is 2. The Labute approximate surface area is 211 Å². The van der Waals surface area contributed by atoms with Gasteiger partial charge in [0.15, 0.2) is 11.5 Å². The first-order valence-electron chi connectivity index (χ1n) is 10.7. The van der Waals surface area contributed by atoms with Crippen LogP contribution in [0.2, 0.25) is 0 Å². The molecule has 0 aliphatic rings. The number of aryl methyl sites for hydroxylation is 1. The van der Waals surface area contributed by atoms with Crippen molar-refractivity contribution in [3.63, 3.8) is 0 Å². The summed E-state index contributed by atoms with van der Waals surface area (Å²) in [5.41, 5.74) is 8.11. The molecule has 2 aromatic heterocycles. The molecule has 9 nitrogen and oxygen atoms in total. The van der Waals surface area contributed by atoms with E-state index in [4.69, 9.17) is 24.7 Å². The first kappa shape index (κ1) is 24.8. The van der Waals surface area contributed by atoms with Gasteiger partial charge < -0.3 is 29.8 Å². The van der Waals surface area contributed by atoms with E-state index in [1.54, 1.807) is 50.4 Å². The topological polar surface area (TPSA) is 130 Å². The third kappa shape index (κ3) is 4.05. The number of nitrogens with two attached hydrogens (primary N) is 1. The molecule has 0 spiro atoms. The number of nitrogens with zero attached hydrogens (tertiary/aromatic N) is 1. The quantitative estimate of drug-likeness (QED) is 0.322. The second-order valence-corrected chi connectivity index (χ2v) is 8.75. The molecule has 0 saturated heterocycles. The number of nitrogen functional groups attached to an aromatic ring is 1. The lowest BCUT2D eigenvalue weighted by atomic mass is 9.94. The minimum Gasteiger partial charge on any atom is -0.497 e. The molecule has 0 aliphatic carbocycles. The van der Waals surface area contributed by atoms with Crippen LogP contribution in [0.5, 0.6) is 23.0 Å². The molecule has 0 bridgehead atoms. The molecule has 4 rings (SSSR count). The number of ketones is 1. The maximum absolute atomic E-state index is 13.4. The lowest BCUT2D eigenvalue weighted by molar-refractivity contribution is 0.0696. The van der Waals surface area contributed by atoms with Crippen LogP contribution in [0.25, 0.3) is 21.3 Å². The van der Waals surface area contributed by atoms with Gasteiger partial charge in [0.05, 0.1) is 45.4 Å². The number of carbonyl (C=O) groups excluding carboxylic acids is 1. The first-order valence-corrected chi connectivity index (χ1v) is 11.5. The van der Waals surface area contributed by atoms with Gasteiger partial charge in [-0.05, 0) is 48.9 Å². The van der Waals surface area contributed by atoms with Crippen molar-refractivity contribution < 1.29 is 33.6 Å². The number of ether oxygens (including phenoxy) is 4. The summed E-state index contributed by atoms with van der Waals surface area (Å²) in [5.74, 6) is 0.173. The van der Waals surface area contributed by atoms with E-state index in [0.717, 1.165) is 11.3 Å². The number of fused-ring (bicyclic) bond motifs is 1. The summed E-state index contributed by atoms with van der Waals surface area (Å²) < 4.78 is 21.5. The molecule has 0 unspecified atom stereocenters. The summed E-state index contributed by atoms with van der Waals surface area (Å²) in [5, 5.41) is 10.5. The molecule has 2 aromatic carbocycles. The van der Waals surface area contributed by atoms with Crippen molar-refractivity contribution in [2.45, 2.75) is 6.92 Å². The number of methoxy groups -OCH3 is 4. The highest BCUT2D eigenvalue weighted by atomic mass is 32.1. The lowest BCUT2D eigenvalue weighted by Gasteiger charge is -2.17. The molecule has 0 saturated carbocycles. The summed E-state index contributed by atoms with van der Waals surface area (Å²) in [6, 6.07) is 9.94. The summed E-state index contributed by atoms with van der Waals surface area (Å²) in [6.07, 6.45) is 0. The Morgan fingerprint density at radius 1 is 0.944 bits per heavy atom. The van der Waals surface area contributed by atoms with E-state index in [0.29, 0.717) is 49.9 Å². The lowest BCUT2D eigenvalue weighted by Crippen LogP contribution is -2.07. The van der Waals surface area contributed by atoms with Crippen molar-refractivity contribution in [3.8, 4) is 34.1 Å². The zero-order valence-electron chi connectivity index (χ0n) is 20.3. The smallest absolute Gasteiger partial charge is 0.338 e. The molecular weight excluding hydrogens is 484 g/mol. The number of aromatic nitrogens is 1. The molecule has 36 heavy (non-hydrogen) atoms. The molecule has 4 aromatic rings. The number of pyridine rings is 1. The summed E-state index contributed by atoms with van der Waals surface area (Å²) in [6.45, 7) is 1.60. The Morgan fingerprint density at radius 2 is 1.56 bits per heavy atom. The number of anilines is 1. The van der Waals surface area contributed by atoms with Gasteiger partial charge in [-0.1, -0.05) is 0 Å². The predicted molar refractivity (Wildman–Crippen MR) is 137 cm³/mol. The number of carboxylic acid groups (broad SMARTS) is 1. The standard InChI is InChI=1S/C26H24N2O7S/c1-12-18(26(30)31)19(14-10-16(33-3)23(35-5)17(11-14)34-4)20-21(27)24(36-25(20)28-12)22(29)13-6-8-15(32-2)9-7-13/h6-11H,27H2,1-5H3,(H,30,31). The largest absolute Gasteiger partial charge is 0.497 e. The van der Waals surface area contributed by atoms with Crippen molar-refractivity contribution in [2.75, 3.05) is 34.2 Å². The van der Waals surface area contributed by atoms with Crippen LogP contribution in [-0.2, 0) is 0 Å². The average molecular weight is 509 g/mol. The van der Waals surface area contributed by atoms with Gasteiger partial charge in [0, 0.05) is 16.5 Å². The van der Waals surface area contributed by atoms with E-state index in [2.05, 4.69) is 4.98 Å². The zero-order chi connectivity index (χ0) is 26.1. The second-order valence-electron chi connectivity index (χ2n) is 7.75. The predicted octanol–water partition coefficient (Wildman–Crippen LogP) is 4.82. The van der Waals surface area contributed by atoms with E-state index in [1.165, 1.54) is 21.3 Å². The summed E-state index contributed by atoms with van der Waals surface area (Å²) in [4.78, 5) is 30.9. The fourth-order valence-electron chi connectivity index (χ4n) is 4.08. The highest BCUT2D eigenvalue weighted by molar-refractivity contribution is 7.21. The molecule has 0 fully saturated rings. The average Bonchev–Trinajstić information content (AvgIpc) is 3.21. The molecule has 0 amide bonds. The van der Waals surface area contributed by atoms with Crippen molar-refractivity contribution in [1.29, 1.82) is 0 Å². The Bertz CT molecular complexity index is 1470. The third-order valence-electron chi connectivity index (χ3n) is 5.78. The first-order chi connectivity index (χ1) is 17.2. The minimum absolute atomic E-state index is 0.0373. The SMILES string of the molecule is COc1ccc(C(=O)c2sc3nc(C)c(C(=O)O)c(-c4cc(OC)c(OC)c(OC)c4)c3c2N)cc1. The normalized spacial score (nSPS) is 10.8. The van der Waals surface area contributed by atoms with E-state index >= 15 is 0 Å². The van der Waals surface area contributed by atoms with E-state index in [-0.39, 0.29) is 27.6 Å². The fraction of sp³-hybridized carbons (Fsp3) is 0.192. The van der Waals surface area contributed by atoms with E-state index in [1.807, 2.05) is 0 Å². The van der Waals surface area contributed by atoms with Crippen LogP contribution < -0.4 is 24.7 Å². The monoisotopic (exact) mass is 508 g/mol. The van der Waals surface area contributed by atoms with E-state index < -0.39 is 5.97 Å². The van der Waals surface area contributed by atoms with Crippen LogP contribution in [0.4, 0.5) is 5.69 Å². The molecule has 3 N–H and O–H groups in total. The number of benzene rings is 2. The van der Waals surface area contributed by atoms with Gasteiger partial charge >= 0.3 is 5.97 Å². The molecule has 10 heteroatoms. The maximum atomic E-state index is 13.4. The maximum Gasteiger partial charge on any atom is 0.338 e. The van der Waals surface area contributed by atoms with Crippen molar-refractivity contribution >= 4 is 39.0 Å². The van der Waals surface area contributed by atoms with Crippen molar-refractivity contribution in [1.82, 2.24) is 4.98 Å². The van der Waals surface area contributed by atoms with Crippen molar-refractivity contribution in [2.24, 2.45) is 0 Å². The molecule has 0 atom stereocenters. The summed E-state index contributed by atoms with van der Waals surface area (Å²) in [7, 11) is 5.96. The van der Waals surface area contributed by atoms with Crippen LogP contribution in [0.15, 0.2) is 36.4 Å². The highest BCUT2D eigenvalue weighted by Gasteiger charge is 2.28. The number of carboxylic acids is 1. The van der Waals surface area contributed by atoms with Crippen molar-refractivity contribution in [3.05, 3.63) is 58.1 Å². The Kier molecular flexibility index (Phi) is 6.71. The van der Waals surface area contributed by atoms with Crippen LogP contribution in [0.3, 0.4) is 0 Å². The Morgan fingerprint density at radius 3 is 2.06 bits per heavy atom. The van der Waals surface area contributed by atoms with Gasteiger partial charge in [-0.2, -0.15) is 0 Å². The second kappa shape index (κ2) is 9.74.